The minimum absolute atomic E-state index is 0.784. The van der Waals surface area contributed by atoms with E-state index < -0.39 is 0 Å². The van der Waals surface area contributed by atoms with Crippen LogP contribution in [-0.4, -0.2) is 23.5 Å². The van der Waals surface area contributed by atoms with Gasteiger partial charge in [-0.3, -0.25) is 4.90 Å². The first-order valence-electron chi connectivity index (χ1n) is 8.15. The lowest BCUT2D eigenvalue weighted by Crippen LogP contribution is -2.36. The lowest BCUT2D eigenvalue weighted by Gasteiger charge is -2.31. The summed E-state index contributed by atoms with van der Waals surface area (Å²) in [5.74, 6) is 2.62. The molecule has 0 unspecified atom stereocenters. The highest BCUT2D eigenvalue weighted by atomic mass is 15.2. The van der Waals surface area contributed by atoms with Crippen molar-refractivity contribution in [2.45, 2.75) is 57.0 Å². The largest absolute Gasteiger partial charge is 0.296 e. The van der Waals surface area contributed by atoms with Crippen LogP contribution in [0.2, 0.25) is 0 Å². The third kappa shape index (κ3) is 1.86. The predicted octanol–water partition coefficient (Wildman–Crippen LogP) is 4.05. The number of hydrogen-bond donors (Lipinski definition) is 0. The van der Waals surface area contributed by atoms with Crippen LogP contribution in [0.4, 0.5) is 0 Å². The van der Waals surface area contributed by atoms with Crippen LogP contribution in [0.3, 0.4) is 0 Å². The van der Waals surface area contributed by atoms with Crippen LogP contribution in [0.1, 0.15) is 50.5 Å². The Morgan fingerprint density at radius 1 is 1.00 bits per heavy atom. The number of benzene rings is 1. The van der Waals surface area contributed by atoms with Gasteiger partial charge in [0.05, 0.1) is 0 Å². The maximum absolute atomic E-state index is 2.90. The van der Waals surface area contributed by atoms with E-state index in [1.54, 1.807) is 5.56 Å². The molecule has 1 nitrogen and oxygen atoms in total. The first kappa shape index (κ1) is 12.0. The molecule has 19 heavy (non-hydrogen) atoms. The zero-order valence-corrected chi connectivity index (χ0v) is 12.0. The first-order valence-corrected chi connectivity index (χ1v) is 8.15. The minimum Gasteiger partial charge on any atom is -0.296 e. The molecule has 1 heteroatoms. The average Bonchev–Trinajstić information content (AvgIpc) is 2.94. The van der Waals surface area contributed by atoms with Gasteiger partial charge in [0, 0.05) is 24.5 Å². The first-order chi connectivity index (χ1) is 9.34. The SMILES string of the molecule is C[C@@H]1CN2[C@H](C[C@@H]3CCCC[C@@H]32)[C@H]1c1ccccc1. The van der Waals surface area contributed by atoms with E-state index in [0.29, 0.717) is 0 Å². The van der Waals surface area contributed by atoms with Gasteiger partial charge in [-0.05, 0) is 36.7 Å². The molecule has 1 saturated carbocycles. The van der Waals surface area contributed by atoms with Gasteiger partial charge in [-0.25, -0.2) is 0 Å². The number of hydrogen-bond acceptors (Lipinski definition) is 1. The van der Waals surface area contributed by atoms with Crippen LogP contribution in [0, 0.1) is 11.8 Å². The third-order valence-corrected chi connectivity index (χ3v) is 5.98. The van der Waals surface area contributed by atoms with Gasteiger partial charge < -0.3 is 0 Å². The second kappa shape index (κ2) is 4.63. The maximum atomic E-state index is 2.90. The summed E-state index contributed by atoms with van der Waals surface area (Å²) in [4.78, 5) is 2.90. The maximum Gasteiger partial charge on any atom is 0.0173 e. The molecule has 2 saturated heterocycles. The van der Waals surface area contributed by atoms with Crippen molar-refractivity contribution >= 4 is 0 Å². The van der Waals surface area contributed by atoms with Gasteiger partial charge in [0.1, 0.15) is 0 Å². The van der Waals surface area contributed by atoms with E-state index in [4.69, 9.17) is 0 Å². The van der Waals surface area contributed by atoms with E-state index in [2.05, 4.69) is 42.2 Å². The Hall–Kier alpha value is -0.820. The second-order valence-electron chi connectivity index (χ2n) is 7.03. The third-order valence-electron chi connectivity index (χ3n) is 5.98. The molecule has 0 aromatic heterocycles. The fourth-order valence-electron chi connectivity index (χ4n) is 5.27. The lowest BCUT2D eigenvalue weighted by molar-refractivity contribution is 0.177. The second-order valence-corrected chi connectivity index (χ2v) is 7.03. The molecule has 3 aliphatic rings. The highest BCUT2D eigenvalue weighted by molar-refractivity contribution is 5.25. The average molecular weight is 255 g/mol. The summed E-state index contributed by atoms with van der Waals surface area (Å²) in [7, 11) is 0. The molecule has 5 atom stereocenters. The van der Waals surface area contributed by atoms with Crippen LogP contribution in [0.5, 0.6) is 0 Å². The summed E-state index contributed by atoms with van der Waals surface area (Å²) in [6.07, 6.45) is 7.37. The molecule has 3 fully saturated rings. The summed E-state index contributed by atoms with van der Waals surface area (Å²) < 4.78 is 0. The monoisotopic (exact) mass is 255 g/mol. The van der Waals surface area contributed by atoms with Gasteiger partial charge >= 0.3 is 0 Å². The summed E-state index contributed by atoms with van der Waals surface area (Å²) in [5.41, 5.74) is 1.58. The summed E-state index contributed by atoms with van der Waals surface area (Å²) in [6, 6.07) is 13.1. The molecule has 0 bridgehead atoms. The van der Waals surface area contributed by atoms with E-state index in [-0.39, 0.29) is 0 Å². The quantitative estimate of drug-likeness (QED) is 0.731. The molecule has 2 heterocycles. The standard InChI is InChI=1S/C18H25N/c1-13-12-19-16-10-6-5-9-15(16)11-17(19)18(13)14-7-3-2-4-8-14/h2-4,7-8,13,15-18H,5-6,9-12H2,1H3/t13-,15+,16+,17-,18-/m1/s1. The van der Waals surface area contributed by atoms with Crippen molar-refractivity contribution in [3.8, 4) is 0 Å². The van der Waals surface area contributed by atoms with Crippen LogP contribution in [0.25, 0.3) is 0 Å². The smallest absolute Gasteiger partial charge is 0.0173 e. The molecule has 0 spiro atoms. The van der Waals surface area contributed by atoms with E-state index in [1.807, 2.05) is 0 Å². The Morgan fingerprint density at radius 3 is 2.63 bits per heavy atom. The summed E-state index contributed by atoms with van der Waals surface area (Å²) >= 11 is 0. The Morgan fingerprint density at radius 2 is 1.79 bits per heavy atom. The lowest BCUT2D eigenvalue weighted by atomic mass is 9.79. The van der Waals surface area contributed by atoms with E-state index in [0.717, 1.165) is 29.8 Å². The summed E-state index contributed by atoms with van der Waals surface area (Å²) in [6.45, 7) is 3.80. The predicted molar refractivity (Wildman–Crippen MR) is 79.2 cm³/mol. The van der Waals surface area contributed by atoms with Crippen LogP contribution >= 0.6 is 0 Å². The van der Waals surface area contributed by atoms with Crippen molar-refractivity contribution in [2.75, 3.05) is 6.54 Å². The molecule has 0 radical (unpaired) electrons. The Kier molecular flexibility index (Phi) is 2.91. The van der Waals surface area contributed by atoms with Gasteiger partial charge in [-0.15, -0.1) is 0 Å². The van der Waals surface area contributed by atoms with Gasteiger partial charge in [-0.1, -0.05) is 50.1 Å². The molecule has 0 amide bonds. The molecular formula is C18H25N. The van der Waals surface area contributed by atoms with Crippen LogP contribution in [-0.2, 0) is 0 Å². The minimum atomic E-state index is 0.784. The van der Waals surface area contributed by atoms with Crippen molar-refractivity contribution in [1.82, 2.24) is 4.90 Å². The van der Waals surface area contributed by atoms with Crippen molar-refractivity contribution in [2.24, 2.45) is 11.8 Å². The highest BCUT2D eigenvalue weighted by Gasteiger charge is 2.50. The van der Waals surface area contributed by atoms with Gasteiger partial charge in [0.2, 0.25) is 0 Å². The van der Waals surface area contributed by atoms with Crippen LogP contribution in [0.15, 0.2) is 30.3 Å². The number of rotatable bonds is 1. The highest BCUT2D eigenvalue weighted by Crippen LogP contribution is 2.50. The molecule has 1 aliphatic carbocycles. The van der Waals surface area contributed by atoms with Crippen LogP contribution < -0.4 is 0 Å². The number of nitrogens with zero attached hydrogens (tertiary/aromatic N) is 1. The zero-order chi connectivity index (χ0) is 12.8. The number of fused-ring (bicyclic) bond motifs is 3. The van der Waals surface area contributed by atoms with E-state index in [1.165, 1.54) is 38.6 Å². The van der Waals surface area contributed by atoms with Crippen molar-refractivity contribution in [3.05, 3.63) is 35.9 Å². The fraction of sp³-hybridized carbons (Fsp3) is 0.667. The Labute approximate surface area is 117 Å². The molecule has 102 valence electrons. The Balaban J connectivity index is 1.63. The van der Waals surface area contributed by atoms with Gasteiger partial charge in [0.15, 0.2) is 0 Å². The van der Waals surface area contributed by atoms with E-state index in [9.17, 15) is 0 Å². The zero-order valence-electron chi connectivity index (χ0n) is 12.0. The van der Waals surface area contributed by atoms with E-state index >= 15 is 0 Å². The molecule has 2 aliphatic heterocycles. The summed E-state index contributed by atoms with van der Waals surface area (Å²) in [5, 5.41) is 0. The normalized spacial score (nSPS) is 42.1. The van der Waals surface area contributed by atoms with Gasteiger partial charge in [-0.2, -0.15) is 0 Å². The molecule has 0 N–H and O–H groups in total. The van der Waals surface area contributed by atoms with Crippen molar-refractivity contribution < 1.29 is 0 Å². The topological polar surface area (TPSA) is 3.24 Å². The van der Waals surface area contributed by atoms with Gasteiger partial charge in [0.25, 0.3) is 0 Å². The molecule has 1 aromatic rings. The van der Waals surface area contributed by atoms with Crippen molar-refractivity contribution in [1.29, 1.82) is 0 Å². The molecular weight excluding hydrogens is 230 g/mol. The molecule has 4 rings (SSSR count). The van der Waals surface area contributed by atoms with Crippen molar-refractivity contribution in [3.63, 3.8) is 0 Å². The Bertz CT molecular complexity index is 440. The fourth-order valence-corrected chi connectivity index (χ4v) is 5.27. The molecule has 1 aromatic carbocycles.